The molecule has 0 atom stereocenters. The molecule has 1 heterocycles. The van der Waals surface area contributed by atoms with Gasteiger partial charge in [0.15, 0.2) is 11.5 Å². The van der Waals surface area contributed by atoms with E-state index in [9.17, 15) is 8.78 Å². The first-order valence-electron chi connectivity index (χ1n) is 3.54. The topological polar surface area (TPSA) is 27.7 Å². The van der Waals surface area contributed by atoms with Crippen molar-refractivity contribution in [1.29, 1.82) is 0 Å². The molecule has 0 aliphatic carbocycles. The molecule has 1 aromatic carbocycles. The van der Waals surface area contributed by atoms with Crippen LogP contribution in [0.15, 0.2) is 18.2 Å². The van der Waals surface area contributed by atoms with Crippen molar-refractivity contribution < 1.29 is 23.0 Å². The van der Waals surface area contributed by atoms with Gasteiger partial charge in [0.25, 0.3) is 0 Å². The molecule has 1 aliphatic heterocycles. The van der Waals surface area contributed by atoms with Gasteiger partial charge in [-0.05, 0) is 12.1 Å². The third kappa shape index (κ3) is 1.37. The molecule has 0 unspecified atom stereocenters. The molecule has 0 bridgehead atoms. The van der Waals surface area contributed by atoms with Crippen molar-refractivity contribution in [3.8, 4) is 17.2 Å². The zero-order valence-corrected chi connectivity index (χ0v) is 6.71. The lowest BCUT2D eigenvalue weighted by molar-refractivity contribution is -0.286. The van der Waals surface area contributed by atoms with Crippen LogP contribution in [0.4, 0.5) is 8.78 Å². The molecule has 13 heavy (non-hydrogen) atoms. The Morgan fingerprint density at radius 2 is 1.92 bits per heavy atom. The van der Waals surface area contributed by atoms with Crippen LogP contribution in [0.1, 0.15) is 0 Å². The molecule has 5 heteroatoms. The van der Waals surface area contributed by atoms with Gasteiger partial charge < -0.3 is 14.2 Å². The predicted octanol–water partition coefficient (Wildman–Crippen LogP) is 2.02. The highest BCUT2D eigenvalue weighted by atomic mass is 19.3. The highest BCUT2D eigenvalue weighted by Crippen LogP contribution is 2.42. The molecule has 0 N–H and O–H groups in total. The maximum Gasteiger partial charge on any atom is 0.586 e. The van der Waals surface area contributed by atoms with Crippen LogP contribution in [0, 0.1) is 0 Å². The van der Waals surface area contributed by atoms with Gasteiger partial charge in [0.1, 0.15) is 5.75 Å². The Hall–Kier alpha value is -1.52. The summed E-state index contributed by atoms with van der Waals surface area (Å²) in [7, 11) is 1.44. The lowest BCUT2D eigenvalue weighted by atomic mass is 10.3. The molecule has 0 saturated carbocycles. The lowest BCUT2D eigenvalue weighted by Crippen LogP contribution is -2.25. The average Bonchev–Trinajstić information content (AvgIpc) is 2.36. The van der Waals surface area contributed by atoms with Crippen LogP contribution in [0.5, 0.6) is 17.2 Å². The first kappa shape index (κ1) is 8.10. The fraction of sp³-hybridized carbons (Fsp3) is 0.250. The molecule has 0 spiro atoms. The molecular weight excluding hydrogens is 182 g/mol. The van der Waals surface area contributed by atoms with E-state index in [0.29, 0.717) is 5.75 Å². The maximum absolute atomic E-state index is 12.5. The fourth-order valence-corrected chi connectivity index (χ4v) is 1.06. The first-order valence-corrected chi connectivity index (χ1v) is 3.54. The minimum absolute atomic E-state index is 0.00986. The summed E-state index contributed by atoms with van der Waals surface area (Å²) >= 11 is 0. The zero-order chi connectivity index (χ0) is 9.47. The van der Waals surface area contributed by atoms with Gasteiger partial charge in [-0.3, -0.25) is 0 Å². The molecule has 2 rings (SSSR count). The van der Waals surface area contributed by atoms with Crippen LogP contribution in [0.25, 0.3) is 0 Å². The summed E-state index contributed by atoms with van der Waals surface area (Å²) in [5, 5.41) is 0. The minimum atomic E-state index is -3.56. The van der Waals surface area contributed by atoms with Gasteiger partial charge >= 0.3 is 6.29 Å². The highest BCUT2D eigenvalue weighted by molar-refractivity contribution is 5.47. The van der Waals surface area contributed by atoms with Crippen molar-refractivity contribution in [3.63, 3.8) is 0 Å². The van der Waals surface area contributed by atoms with Crippen molar-refractivity contribution in [2.24, 2.45) is 0 Å². The van der Waals surface area contributed by atoms with Crippen molar-refractivity contribution in [3.05, 3.63) is 18.2 Å². The number of halogens is 2. The van der Waals surface area contributed by atoms with Crippen molar-refractivity contribution in [1.82, 2.24) is 0 Å². The number of hydrogen-bond donors (Lipinski definition) is 0. The van der Waals surface area contributed by atoms with E-state index < -0.39 is 6.29 Å². The quantitative estimate of drug-likeness (QED) is 0.674. The van der Waals surface area contributed by atoms with Gasteiger partial charge in [-0.2, -0.15) is 0 Å². The summed E-state index contributed by atoms with van der Waals surface area (Å²) in [6.07, 6.45) is -3.56. The van der Waals surface area contributed by atoms with Crippen LogP contribution in [-0.2, 0) is 0 Å². The van der Waals surface area contributed by atoms with Crippen LogP contribution in [0.3, 0.4) is 0 Å². The van der Waals surface area contributed by atoms with E-state index in [1.807, 2.05) is 0 Å². The zero-order valence-electron chi connectivity index (χ0n) is 6.71. The smallest absolute Gasteiger partial charge is 0.497 e. The molecule has 1 aromatic rings. The number of fused-ring (bicyclic) bond motifs is 1. The Bertz CT molecular complexity index is 338. The standard InChI is InChI=1S/C8H6F2O3/c1-11-5-2-3-6-7(4-5)13-8(9,10)12-6/h2-4H,1H3. The van der Waals surface area contributed by atoms with Crippen molar-refractivity contribution in [2.45, 2.75) is 6.29 Å². The van der Waals surface area contributed by atoms with E-state index in [-0.39, 0.29) is 11.5 Å². The molecule has 1 aliphatic rings. The number of alkyl halides is 2. The summed E-state index contributed by atoms with van der Waals surface area (Å²) in [6.45, 7) is 0. The van der Waals surface area contributed by atoms with E-state index in [4.69, 9.17) is 4.74 Å². The first-order chi connectivity index (χ1) is 6.11. The number of benzene rings is 1. The monoisotopic (exact) mass is 188 g/mol. The Morgan fingerprint density at radius 3 is 2.62 bits per heavy atom. The molecule has 0 saturated heterocycles. The van der Waals surface area contributed by atoms with Gasteiger partial charge in [-0.1, -0.05) is 0 Å². The summed E-state index contributed by atoms with van der Waals surface area (Å²) in [6, 6.07) is 4.23. The second-order valence-electron chi connectivity index (χ2n) is 2.48. The van der Waals surface area contributed by atoms with E-state index in [1.165, 1.54) is 25.3 Å². The van der Waals surface area contributed by atoms with E-state index >= 15 is 0 Å². The number of hydrogen-bond acceptors (Lipinski definition) is 3. The average molecular weight is 188 g/mol. The molecule has 0 amide bonds. The Morgan fingerprint density at radius 1 is 1.23 bits per heavy atom. The maximum atomic E-state index is 12.5. The van der Waals surface area contributed by atoms with Crippen LogP contribution in [-0.4, -0.2) is 13.4 Å². The summed E-state index contributed by atoms with van der Waals surface area (Å²) < 4.78 is 38.2. The van der Waals surface area contributed by atoms with Gasteiger partial charge in [0.05, 0.1) is 7.11 Å². The second kappa shape index (κ2) is 2.48. The minimum Gasteiger partial charge on any atom is -0.497 e. The highest BCUT2D eigenvalue weighted by Gasteiger charge is 2.43. The summed E-state index contributed by atoms with van der Waals surface area (Å²) in [5.74, 6) is 0.454. The van der Waals surface area contributed by atoms with Crippen molar-refractivity contribution >= 4 is 0 Å². The van der Waals surface area contributed by atoms with E-state index in [1.54, 1.807) is 0 Å². The molecule has 0 radical (unpaired) electrons. The Kier molecular flexibility index (Phi) is 1.55. The van der Waals surface area contributed by atoms with E-state index in [0.717, 1.165) is 0 Å². The van der Waals surface area contributed by atoms with Crippen LogP contribution >= 0.6 is 0 Å². The van der Waals surface area contributed by atoms with Crippen molar-refractivity contribution in [2.75, 3.05) is 7.11 Å². The van der Waals surface area contributed by atoms with Gasteiger partial charge in [0, 0.05) is 6.07 Å². The summed E-state index contributed by atoms with van der Waals surface area (Å²) in [4.78, 5) is 0. The number of ether oxygens (including phenoxy) is 3. The van der Waals surface area contributed by atoms with Gasteiger partial charge in [-0.15, -0.1) is 8.78 Å². The molecule has 70 valence electrons. The van der Waals surface area contributed by atoms with Gasteiger partial charge in [0.2, 0.25) is 0 Å². The molecule has 0 aromatic heterocycles. The van der Waals surface area contributed by atoms with Crippen LogP contribution in [0.2, 0.25) is 0 Å². The Balaban J connectivity index is 2.36. The molecule has 0 fully saturated rings. The SMILES string of the molecule is COc1ccc2c(c1)OC(F)(F)O2. The third-order valence-electron chi connectivity index (χ3n) is 1.61. The normalized spacial score (nSPS) is 17.2. The predicted molar refractivity (Wildman–Crippen MR) is 39.2 cm³/mol. The fourth-order valence-electron chi connectivity index (χ4n) is 1.06. The third-order valence-corrected chi connectivity index (χ3v) is 1.61. The second-order valence-corrected chi connectivity index (χ2v) is 2.48. The number of methoxy groups -OCH3 is 1. The number of rotatable bonds is 1. The largest absolute Gasteiger partial charge is 0.586 e. The molecule has 3 nitrogen and oxygen atoms in total. The lowest BCUT2D eigenvalue weighted by Gasteiger charge is -2.04. The van der Waals surface area contributed by atoms with E-state index in [2.05, 4.69) is 9.47 Å². The van der Waals surface area contributed by atoms with Crippen LogP contribution < -0.4 is 14.2 Å². The van der Waals surface area contributed by atoms with Gasteiger partial charge in [-0.25, -0.2) is 0 Å². The molecular formula is C8H6F2O3. The Labute approximate surface area is 72.8 Å². The summed E-state index contributed by atoms with van der Waals surface area (Å²) in [5.41, 5.74) is 0.